The standard InChI is InChI=1S/C16H22N4O2S/c1-3-5-10-20-15(22)18-19-16(20)23-11-14(21)17-13-8-6-12(4-2)7-9-13/h6-9H,3-5,10-11H2,1-2H3,(H,17,21)(H,18,22). The maximum absolute atomic E-state index is 12.0. The Kier molecular flexibility index (Phi) is 6.46. The summed E-state index contributed by atoms with van der Waals surface area (Å²) in [6, 6.07) is 7.79. The lowest BCUT2D eigenvalue weighted by molar-refractivity contribution is -0.113. The highest BCUT2D eigenvalue weighted by molar-refractivity contribution is 7.99. The van der Waals surface area contributed by atoms with E-state index in [1.165, 1.54) is 17.3 Å². The largest absolute Gasteiger partial charge is 0.343 e. The van der Waals surface area contributed by atoms with Gasteiger partial charge in [0.15, 0.2) is 5.16 Å². The minimum atomic E-state index is -0.225. The van der Waals surface area contributed by atoms with E-state index in [-0.39, 0.29) is 17.3 Å². The summed E-state index contributed by atoms with van der Waals surface area (Å²) in [5.74, 6) is 0.100. The lowest BCUT2D eigenvalue weighted by Crippen LogP contribution is -2.19. The molecule has 0 atom stereocenters. The predicted molar refractivity (Wildman–Crippen MR) is 92.9 cm³/mol. The summed E-state index contributed by atoms with van der Waals surface area (Å²) in [5, 5.41) is 9.82. The number of aromatic nitrogens is 3. The highest BCUT2D eigenvalue weighted by atomic mass is 32.2. The minimum Gasteiger partial charge on any atom is -0.325 e. The van der Waals surface area contributed by atoms with E-state index in [1.54, 1.807) is 4.57 Å². The van der Waals surface area contributed by atoms with Crippen LogP contribution < -0.4 is 11.0 Å². The highest BCUT2D eigenvalue weighted by Crippen LogP contribution is 2.15. The zero-order valence-electron chi connectivity index (χ0n) is 13.5. The number of hydrogen-bond acceptors (Lipinski definition) is 4. The molecule has 2 N–H and O–H groups in total. The number of amides is 1. The number of nitrogens with one attached hydrogen (secondary N) is 2. The van der Waals surface area contributed by atoms with Crippen LogP contribution >= 0.6 is 11.8 Å². The molecule has 6 nitrogen and oxygen atoms in total. The van der Waals surface area contributed by atoms with E-state index in [9.17, 15) is 9.59 Å². The maximum Gasteiger partial charge on any atom is 0.343 e. The molecule has 0 radical (unpaired) electrons. The normalized spacial score (nSPS) is 10.7. The third-order valence-electron chi connectivity index (χ3n) is 3.44. The van der Waals surface area contributed by atoms with Gasteiger partial charge in [-0.25, -0.2) is 9.89 Å². The van der Waals surface area contributed by atoms with Gasteiger partial charge in [0.25, 0.3) is 0 Å². The molecule has 0 aliphatic rings. The number of anilines is 1. The van der Waals surface area contributed by atoms with Crippen molar-refractivity contribution in [3.8, 4) is 0 Å². The van der Waals surface area contributed by atoms with Crippen molar-refractivity contribution in [1.82, 2.24) is 14.8 Å². The molecule has 0 aliphatic heterocycles. The Morgan fingerprint density at radius 1 is 1.30 bits per heavy atom. The molecule has 0 spiro atoms. The van der Waals surface area contributed by atoms with Gasteiger partial charge < -0.3 is 5.32 Å². The second-order valence-corrected chi connectivity index (χ2v) is 6.15. The molecule has 1 heterocycles. The van der Waals surface area contributed by atoms with E-state index in [1.807, 2.05) is 24.3 Å². The van der Waals surface area contributed by atoms with Crippen molar-refractivity contribution in [2.45, 2.75) is 44.8 Å². The fourth-order valence-electron chi connectivity index (χ4n) is 2.08. The Balaban J connectivity index is 1.90. The number of aryl methyl sites for hydroxylation is 1. The predicted octanol–water partition coefficient (Wildman–Crippen LogP) is 2.66. The van der Waals surface area contributed by atoms with Crippen molar-refractivity contribution in [3.05, 3.63) is 40.3 Å². The van der Waals surface area contributed by atoms with Gasteiger partial charge in [-0.2, -0.15) is 0 Å². The summed E-state index contributed by atoms with van der Waals surface area (Å²) in [7, 11) is 0. The summed E-state index contributed by atoms with van der Waals surface area (Å²) >= 11 is 1.26. The van der Waals surface area contributed by atoms with Gasteiger partial charge in [-0.15, -0.1) is 5.10 Å². The molecule has 0 aliphatic carbocycles. The quantitative estimate of drug-likeness (QED) is 0.727. The SMILES string of the molecule is CCCCn1c(SCC(=O)Nc2ccc(CC)cc2)n[nH]c1=O. The molecule has 2 aromatic rings. The molecule has 2 rings (SSSR count). The Morgan fingerprint density at radius 2 is 2.04 bits per heavy atom. The Labute approximate surface area is 139 Å². The topological polar surface area (TPSA) is 79.8 Å². The molecule has 23 heavy (non-hydrogen) atoms. The van der Waals surface area contributed by atoms with Gasteiger partial charge in [-0.3, -0.25) is 9.36 Å². The molecule has 0 saturated carbocycles. The fourth-order valence-corrected chi connectivity index (χ4v) is 2.85. The molecular weight excluding hydrogens is 312 g/mol. The summed E-state index contributed by atoms with van der Waals surface area (Å²) in [4.78, 5) is 23.7. The molecule has 0 saturated heterocycles. The monoisotopic (exact) mass is 334 g/mol. The molecule has 7 heteroatoms. The van der Waals surface area contributed by atoms with Gasteiger partial charge in [-0.05, 0) is 30.5 Å². The summed E-state index contributed by atoms with van der Waals surface area (Å²) in [5.41, 5.74) is 1.78. The number of hydrogen-bond donors (Lipinski definition) is 2. The highest BCUT2D eigenvalue weighted by Gasteiger charge is 2.11. The van der Waals surface area contributed by atoms with Gasteiger partial charge in [0.1, 0.15) is 0 Å². The number of aromatic amines is 1. The summed E-state index contributed by atoms with van der Waals surface area (Å²) in [6.07, 6.45) is 2.87. The first-order chi connectivity index (χ1) is 11.1. The number of rotatable bonds is 8. The van der Waals surface area contributed by atoms with E-state index >= 15 is 0 Å². The van der Waals surface area contributed by atoms with Crippen LogP contribution in [0.5, 0.6) is 0 Å². The summed E-state index contributed by atoms with van der Waals surface area (Å²) in [6.45, 7) is 4.77. The van der Waals surface area contributed by atoms with Crippen molar-refractivity contribution in [3.63, 3.8) is 0 Å². The third-order valence-corrected chi connectivity index (χ3v) is 4.41. The van der Waals surface area contributed by atoms with Crippen LogP contribution in [0.3, 0.4) is 0 Å². The maximum atomic E-state index is 12.0. The lowest BCUT2D eigenvalue weighted by atomic mass is 10.1. The fraction of sp³-hybridized carbons (Fsp3) is 0.438. The number of carbonyl (C=O) groups excluding carboxylic acids is 1. The van der Waals surface area contributed by atoms with Crippen LogP contribution in [0.25, 0.3) is 0 Å². The van der Waals surface area contributed by atoms with E-state index in [4.69, 9.17) is 0 Å². The minimum absolute atomic E-state index is 0.114. The number of unbranched alkanes of at least 4 members (excludes halogenated alkanes) is 1. The van der Waals surface area contributed by atoms with Crippen molar-refractivity contribution >= 4 is 23.4 Å². The second-order valence-electron chi connectivity index (χ2n) is 5.20. The lowest BCUT2D eigenvalue weighted by Gasteiger charge is -2.06. The van der Waals surface area contributed by atoms with Crippen LogP contribution in [0.1, 0.15) is 32.3 Å². The zero-order chi connectivity index (χ0) is 16.7. The van der Waals surface area contributed by atoms with Crippen LogP contribution in [-0.2, 0) is 17.8 Å². The van der Waals surface area contributed by atoms with Crippen LogP contribution in [0.15, 0.2) is 34.2 Å². The number of H-pyrrole nitrogens is 1. The number of nitrogens with zero attached hydrogens (tertiary/aromatic N) is 2. The Bertz CT molecular complexity index is 691. The van der Waals surface area contributed by atoms with Gasteiger partial charge in [0.2, 0.25) is 5.91 Å². The molecule has 1 aromatic carbocycles. The third kappa shape index (κ3) is 4.99. The molecule has 124 valence electrons. The first-order valence-electron chi connectivity index (χ1n) is 7.80. The molecule has 0 unspecified atom stereocenters. The number of thioether (sulfide) groups is 1. The van der Waals surface area contributed by atoms with E-state index < -0.39 is 0 Å². The van der Waals surface area contributed by atoms with Gasteiger partial charge in [0.05, 0.1) is 5.75 Å². The van der Waals surface area contributed by atoms with Crippen LogP contribution in [0, 0.1) is 0 Å². The molecule has 0 fully saturated rings. The van der Waals surface area contributed by atoms with Crippen LogP contribution in [0.2, 0.25) is 0 Å². The van der Waals surface area contributed by atoms with E-state index in [2.05, 4.69) is 29.4 Å². The van der Waals surface area contributed by atoms with Crippen molar-refractivity contribution < 1.29 is 4.79 Å². The van der Waals surface area contributed by atoms with Crippen molar-refractivity contribution in [2.24, 2.45) is 0 Å². The van der Waals surface area contributed by atoms with Crippen molar-refractivity contribution in [2.75, 3.05) is 11.1 Å². The Hall–Kier alpha value is -2.02. The first kappa shape index (κ1) is 17.3. The molecule has 1 amide bonds. The average Bonchev–Trinajstić information content (AvgIpc) is 2.91. The van der Waals surface area contributed by atoms with E-state index in [0.717, 1.165) is 24.9 Å². The smallest absolute Gasteiger partial charge is 0.325 e. The number of benzene rings is 1. The Morgan fingerprint density at radius 3 is 2.70 bits per heavy atom. The molecule has 0 bridgehead atoms. The second kappa shape index (κ2) is 8.57. The van der Waals surface area contributed by atoms with Crippen molar-refractivity contribution in [1.29, 1.82) is 0 Å². The van der Waals surface area contributed by atoms with Gasteiger partial charge in [-0.1, -0.05) is 44.2 Å². The van der Waals surface area contributed by atoms with Crippen LogP contribution in [-0.4, -0.2) is 26.4 Å². The van der Waals surface area contributed by atoms with Gasteiger partial charge in [0, 0.05) is 12.2 Å². The van der Waals surface area contributed by atoms with Gasteiger partial charge >= 0.3 is 5.69 Å². The first-order valence-corrected chi connectivity index (χ1v) is 8.79. The zero-order valence-corrected chi connectivity index (χ0v) is 14.3. The molecular formula is C16H22N4O2S. The average molecular weight is 334 g/mol. The summed E-state index contributed by atoms with van der Waals surface area (Å²) < 4.78 is 1.58. The van der Waals surface area contributed by atoms with Crippen LogP contribution in [0.4, 0.5) is 5.69 Å². The van der Waals surface area contributed by atoms with E-state index in [0.29, 0.717) is 11.7 Å². The molecule has 1 aromatic heterocycles. The number of carbonyl (C=O) groups is 1.